The summed E-state index contributed by atoms with van der Waals surface area (Å²) in [4.78, 5) is 17.4. The van der Waals surface area contributed by atoms with Gasteiger partial charge in [-0.3, -0.25) is 4.98 Å². The topological polar surface area (TPSA) is 66.5 Å². The van der Waals surface area contributed by atoms with E-state index in [-0.39, 0.29) is 23.2 Å². The van der Waals surface area contributed by atoms with Crippen molar-refractivity contribution < 1.29 is 22.7 Å². The average molecular weight is 406 g/mol. The second-order valence-corrected chi connectivity index (χ2v) is 7.32. The molecule has 2 N–H and O–H groups in total. The Morgan fingerprint density at radius 2 is 2.07 bits per heavy atom. The Hall–Kier alpha value is -2.81. The number of hydrogen-bond donors (Lipinski definition) is 2. The number of nitrogens with one attached hydrogen (secondary N) is 2. The summed E-state index contributed by atoms with van der Waals surface area (Å²) in [6, 6.07) is 4.43. The fourth-order valence-corrected chi connectivity index (χ4v) is 4.32. The lowest BCUT2D eigenvalue weighted by Gasteiger charge is -2.31. The molecule has 0 amide bonds. The molecule has 1 aromatic heterocycles. The van der Waals surface area contributed by atoms with Crippen LogP contribution in [0.2, 0.25) is 0 Å². The van der Waals surface area contributed by atoms with Crippen LogP contribution in [-0.2, 0) is 10.9 Å². The molecule has 0 bridgehead atoms. The standard InChI is InChI=1S/C20H21F3N4O2/c1-27-17-3-4-24-10-15(17)14-6-12(7-16(18(14)27)20(21,22)23)26-13-5-11(8-25-9-13)19(28)29-2/h5-9,15,17,24,26H,3-4,10H2,1-2H3. The number of aromatic nitrogens is 1. The van der Waals surface area contributed by atoms with E-state index >= 15 is 0 Å². The Kier molecular flexibility index (Phi) is 4.85. The van der Waals surface area contributed by atoms with E-state index in [0.29, 0.717) is 23.5 Å². The molecule has 2 atom stereocenters. The molecule has 2 unspecified atom stereocenters. The van der Waals surface area contributed by atoms with Gasteiger partial charge in [0.2, 0.25) is 0 Å². The summed E-state index contributed by atoms with van der Waals surface area (Å²) in [7, 11) is 2.99. The summed E-state index contributed by atoms with van der Waals surface area (Å²) in [5.41, 5.74) is 1.20. The van der Waals surface area contributed by atoms with E-state index in [2.05, 4.69) is 20.4 Å². The number of esters is 1. The Morgan fingerprint density at radius 1 is 1.28 bits per heavy atom. The molecular weight excluding hydrogens is 385 g/mol. The van der Waals surface area contributed by atoms with E-state index in [0.717, 1.165) is 19.0 Å². The lowest BCUT2D eigenvalue weighted by molar-refractivity contribution is -0.137. The van der Waals surface area contributed by atoms with Crippen LogP contribution in [-0.4, -0.2) is 44.2 Å². The molecule has 6 nitrogen and oxygen atoms in total. The molecule has 2 aromatic rings. The lowest BCUT2D eigenvalue weighted by atomic mass is 9.89. The second-order valence-electron chi connectivity index (χ2n) is 7.32. The van der Waals surface area contributed by atoms with Gasteiger partial charge in [-0.05, 0) is 36.7 Å². The molecule has 1 fully saturated rings. The van der Waals surface area contributed by atoms with E-state index in [4.69, 9.17) is 0 Å². The number of rotatable bonds is 3. The number of fused-ring (bicyclic) bond motifs is 3. The van der Waals surface area contributed by atoms with E-state index in [1.165, 1.54) is 25.6 Å². The highest BCUT2D eigenvalue weighted by atomic mass is 19.4. The third-order valence-electron chi connectivity index (χ3n) is 5.59. The number of carbonyl (C=O) groups excluding carboxylic acids is 1. The number of halogens is 3. The summed E-state index contributed by atoms with van der Waals surface area (Å²) < 4.78 is 46.3. The Labute approximate surface area is 166 Å². The fourth-order valence-electron chi connectivity index (χ4n) is 4.32. The number of benzene rings is 1. The zero-order chi connectivity index (χ0) is 20.8. The van der Waals surface area contributed by atoms with Crippen LogP contribution < -0.4 is 15.5 Å². The second kappa shape index (κ2) is 7.22. The van der Waals surface area contributed by atoms with Crippen LogP contribution in [0.15, 0.2) is 30.6 Å². The van der Waals surface area contributed by atoms with Gasteiger partial charge < -0.3 is 20.3 Å². The van der Waals surface area contributed by atoms with Gasteiger partial charge in [-0.25, -0.2) is 4.79 Å². The van der Waals surface area contributed by atoms with Crippen molar-refractivity contribution in [2.75, 3.05) is 37.5 Å². The van der Waals surface area contributed by atoms with Crippen LogP contribution in [0.4, 0.5) is 30.2 Å². The highest BCUT2D eigenvalue weighted by Gasteiger charge is 2.45. The Morgan fingerprint density at radius 3 is 2.79 bits per heavy atom. The number of pyridine rings is 1. The van der Waals surface area contributed by atoms with Crippen LogP contribution in [0.25, 0.3) is 0 Å². The molecule has 1 saturated heterocycles. The van der Waals surface area contributed by atoms with Crippen molar-refractivity contribution in [3.63, 3.8) is 0 Å². The molecule has 154 valence electrons. The number of carbonyl (C=O) groups is 1. The minimum atomic E-state index is -4.48. The summed E-state index contributed by atoms with van der Waals surface area (Å²) in [5, 5.41) is 6.25. The van der Waals surface area contributed by atoms with E-state index in [9.17, 15) is 18.0 Å². The lowest BCUT2D eigenvalue weighted by Crippen LogP contribution is -2.42. The quantitative estimate of drug-likeness (QED) is 0.761. The van der Waals surface area contributed by atoms with Crippen LogP contribution in [0.5, 0.6) is 0 Å². The largest absolute Gasteiger partial charge is 0.465 e. The summed E-state index contributed by atoms with van der Waals surface area (Å²) in [5.74, 6) is -0.574. The highest BCUT2D eigenvalue weighted by Crippen LogP contribution is 2.50. The molecule has 0 aliphatic carbocycles. The zero-order valence-corrected chi connectivity index (χ0v) is 16.0. The molecule has 4 rings (SSSR count). The van der Waals surface area contributed by atoms with Crippen LogP contribution >= 0.6 is 0 Å². The molecule has 1 aromatic carbocycles. The number of likely N-dealkylation sites (N-methyl/N-ethyl adjacent to an activating group) is 1. The molecule has 9 heteroatoms. The van der Waals surface area contributed by atoms with Gasteiger partial charge in [-0.1, -0.05) is 0 Å². The van der Waals surface area contributed by atoms with Gasteiger partial charge >= 0.3 is 12.1 Å². The van der Waals surface area contributed by atoms with Crippen molar-refractivity contribution in [3.8, 4) is 0 Å². The number of piperidine rings is 1. The van der Waals surface area contributed by atoms with Crippen LogP contribution in [0.3, 0.4) is 0 Å². The van der Waals surface area contributed by atoms with E-state index in [1.54, 1.807) is 18.0 Å². The normalized spacial score (nSPS) is 20.8. The van der Waals surface area contributed by atoms with Gasteiger partial charge in [-0.15, -0.1) is 0 Å². The summed E-state index contributed by atoms with van der Waals surface area (Å²) in [6.45, 7) is 1.43. The number of alkyl halides is 3. The van der Waals surface area contributed by atoms with Crippen molar-refractivity contribution in [3.05, 3.63) is 47.3 Å². The summed E-state index contributed by atoms with van der Waals surface area (Å²) >= 11 is 0. The number of nitrogens with zero attached hydrogens (tertiary/aromatic N) is 2. The highest BCUT2D eigenvalue weighted by molar-refractivity contribution is 5.90. The van der Waals surface area contributed by atoms with Gasteiger partial charge in [0, 0.05) is 37.4 Å². The minimum absolute atomic E-state index is 0.00821. The van der Waals surface area contributed by atoms with Crippen LogP contribution in [0.1, 0.15) is 33.8 Å². The van der Waals surface area contributed by atoms with Crippen molar-refractivity contribution in [1.29, 1.82) is 0 Å². The molecule has 0 spiro atoms. The van der Waals surface area contributed by atoms with Crippen molar-refractivity contribution in [2.24, 2.45) is 0 Å². The summed E-state index contributed by atoms with van der Waals surface area (Å²) in [6.07, 6.45) is -0.901. The average Bonchev–Trinajstić information content (AvgIpc) is 2.99. The number of ether oxygens (including phenoxy) is 1. The Balaban J connectivity index is 1.76. The molecule has 2 aliphatic heterocycles. The third-order valence-corrected chi connectivity index (χ3v) is 5.59. The number of anilines is 3. The fraction of sp³-hybridized carbons (Fsp3) is 0.400. The van der Waals surface area contributed by atoms with Gasteiger partial charge in [0.05, 0.1) is 35.8 Å². The predicted octanol–water partition coefficient (Wildman–Crippen LogP) is 3.53. The van der Waals surface area contributed by atoms with Gasteiger partial charge in [-0.2, -0.15) is 13.2 Å². The van der Waals surface area contributed by atoms with Crippen molar-refractivity contribution in [1.82, 2.24) is 10.3 Å². The molecule has 29 heavy (non-hydrogen) atoms. The smallest absolute Gasteiger partial charge is 0.418 e. The van der Waals surface area contributed by atoms with Gasteiger partial charge in [0.1, 0.15) is 0 Å². The third kappa shape index (κ3) is 3.50. The first kappa shape index (κ1) is 19.5. The van der Waals surface area contributed by atoms with E-state index < -0.39 is 17.7 Å². The Bertz CT molecular complexity index is 948. The molecule has 3 heterocycles. The first-order chi connectivity index (χ1) is 13.8. The molecule has 0 radical (unpaired) electrons. The predicted molar refractivity (Wildman–Crippen MR) is 103 cm³/mol. The first-order valence-corrected chi connectivity index (χ1v) is 9.28. The maximum absolute atomic E-state index is 13.9. The molecule has 2 aliphatic rings. The number of methoxy groups -OCH3 is 1. The van der Waals surface area contributed by atoms with Gasteiger partial charge in [0.25, 0.3) is 0 Å². The maximum Gasteiger partial charge on any atom is 0.418 e. The van der Waals surface area contributed by atoms with Crippen molar-refractivity contribution >= 4 is 23.0 Å². The molecular formula is C20H21F3N4O2. The molecule has 0 saturated carbocycles. The van der Waals surface area contributed by atoms with Crippen molar-refractivity contribution in [2.45, 2.75) is 24.6 Å². The SMILES string of the molecule is COC(=O)c1cncc(Nc2cc3c(c(C(F)(F)F)c2)N(C)C2CCNCC32)c1. The zero-order valence-electron chi connectivity index (χ0n) is 16.0. The van der Waals surface area contributed by atoms with E-state index in [1.807, 2.05) is 0 Å². The first-order valence-electron chi connectivity index (χ1n) is 9.28. The number of hydrogen-bond acceptors (Lipinski definition) is 6. The monoisotopic (exact) mass is 406 g/mol. The minimum Gasteiger partial charge on any atom is -0.465 e. The maximum atomic E-state index is 13.9. The van der Waals surface area contributed by atoms with Crippen LogP contribution in [0, 0.1) is 0 Å². The van der Waals surface area contributed by atoms with Gasteiger partial charge in [0.15, 0.2) is 0 Å².